The first-order chi connectivity index (χ1) is 12.5. The van der Waals surface area contributed by atoms with Crippen molar-refractivity contribution in [3.8, 4) is 5.75 Å². The Morgan fingerprint density at radius 2 is 1.85 bits per heavy atom. The highest BCUT2D eigenvalue weighted by molar-refractivity contribution is 5.85. The van der Waals surface area contributed by atoms with E-state index in [4.69, 9.17) is 4.74 Å². The Morgan fingerprint density at radius 3 is 2.38 bits per heavy atom. The van der Waals surface area contributed by atoms with E-state index in [9.17, 15) is 19.1 Å². The summed E-state index contributed by atoms with van der Waals surface area (Å²) >= 11 is 0. The molecule has 2 aromatic carbocycles. The second-order valence-corrected chi connectivity index (χ2v) is 5.95. The molecule has 2 aromatic rings. The number of ether oxygens (including phenoxy) is 1. The highest BCUT2D eigenvalue weighted by Crippen LogP contribution is 2.25. The first kappa shape index (κ1) is 19.4. The Balaban J connectivity index is 2.13. The fraction of sp³-hybridized carbons (Fsp3) is 0.300. The van der Waals surface area contributed by atoms with E-state index in [0.29, 0.717) is 0 Å². The van der Waals surface area contributed by atoms with Gasteiger partial charge >= 0.3 is 5.97 Å². The van der Waals surface area contributed by atoms with Crippen molar-refractivity contribution >= 4 is 11.9 Å². The van der Waals surface area contributed by atoms with Crippen molar-refractivity contribution in [2.24, 2.45) is 0 Å². The Hall–Kier alpha value is -2.89. The number of carbonyl (C=O) groups excluding carboxylic acids is 1. The maximum absolute atomic E-state index is 13.9. The number of carbonyl (C=O) groups is 2. The van der Waals surface area contributed by atoms with Crippen LogP contribution >= 0.6 is 0 Å². The summed E-state index contributed by atoms with van der Waals surface area (Å²) in [6.07, 6.45) is 0.898. The minimum Gasteiger partial charge on any atom is -0.494 e. The average Bonchev–Trinajstić information content (AvgIpc) is 2.64. The van der Waals surface area contributed by atoms with Gasteiger partial charge in [-0.2, -0.15) is 0 Å². The summed E-state index contributed by atoms with van der Waals surface area (Å²) in [6, 6.07) is 12.1. The Bertz CT molecular complexity index is 764. The zero-order valence-electron chi connectivity index (χ0n) is 14.7. The number of carboxylic acids is 1. The molecule has 0 bridgehead atoms. The predicted molar refractivity (Wildman–Crippen MR) is 95.6 cm³/mol. The van der Waals surface area contributed by atoms with Crippen LogP contribution in [0.3, 0.4) is 0 Å². The molecule has 0 fully saturated rings. The van der Waals surface area contributed by atoms with Crippen LogP contribution in [-0.4, -0.2) is 24.1 Å². The molecule has 2 unspecified atom stereocenters. The Kier molecular flexibility index (Phi) is 6.72. The second kappa shape index (κ2) is 8.99. The van der Waals surface area contributed by atoms with Crippen LogP contribution in [0.5, 0.6) is 5.75 Å². The monoisotopic (exact) mass is 359 g/mol. The van der Waals surface area contributed by atoms with Gasteiger partial charge in [0.25, 0.3) is 0 Å². The Morgan fingerprint density at radius 1 is 1.15 bits per heavy atom. The predicted octanol–water partition coefficient (Wildman–Crippen LogP) is 3.66. The number of hydrogen-bond acceptors (Lipinski definition) is 3. The molecular weight excluding hydrogens is 337 g/mol. The van der Waals surface area contributed by atoms with E-state index < -0.39 is 23.7 Å². The molecular formula is C20H22FNO4. The summed E-state index contributed by atoms with van der Waals surface area (Å²) in [5.74, 6) is -2.33. The van der Waals surface area contributed by atoms with Gasteiger partial charge in [0.05, 0.1) is 7.11 Å². The van der Waals surface area contributed by atoms with Gasteiger partial charge in [-0.1, -0.05) is 43.3 Å². The van der Waals surface area contributed by atoms with Crippen LogP contribution in [0.1, 0.15) is 42.9 Å². The summed E-state index contributed by atoms with van der Waals surface area (Å²) in [5.41, 5.74) is 1.17. The standard InChI is InChI=1S/C20H22FNO4/c1-3-13(14-7-5-4-6-8-14)12-18(23)22-19(20(24)25)15-9-10-17(26-2)16(21)11-15/h4-11,13,19H,3,12H2,1-2H3,(H,22,23)(H,24,25). The van der Waals surface area contributed by atoms with Crippen molar-refractivity contribution < 1.29 is 23.8 Å². The zero-order valence-corrected chi connectivity index (χ0v) is 14.7. The largest absolute Gasteiger partial charge is 0.494 e. The molecule has 1 amide bonds. The maximum Gasteiger partial charge on any atom is 0.330 e. The summed E-state index contributed by atoms with van der Waals surface area (Å²) < 4.78 is 18.7. The van der Waals surface area contributed by atoms with Gasteiger partial charge in [-0.3, -0.25) is 4.79 Å². The lowest BCUT2D eigenvalue weighted by molar-refractivity contribution is -0.142. The van der Waals surface area contributed by atoms with Gasteiger partial charge in [0.15, 0.2) is 17.6 Å². The van der Waals surface area contributed by atoms with Crippen LogP contribution in [0.4, 0.5) is 4.39 Å². The molecule has 5 nitrogen and oxygen atoms in total. The van der Waals surface area contributed by atoms with E-state index in [1.165, 1.54) is 19.2 Å². The van der Waals surface area contributed by atoms with Crippen LogP contribution in [-0.2, 0) is 9.59 Å². The fourth-order valence-electron chi connectivity index (χ4n) is 2.82. The molecule has 138 valence electrons. The van der Waals surface area contributed by atoms with Crippen molar-refractivity contribution in [3.05, 3.63) is 65.5 Å². The van der Waals surface area contributed by atoms with Crippen LogP contribution < -0.4 is 10.1 Å². The van der Waals surface area contributed by atoms with E-state index in [2.05, 4.69) is 5.32 Å². The summed E-state index contributed by atoms with van der Waals surface area (Å²) in [4.78, 5) is 23.9. The van der Waals surface area contributed by atoms with Crippen molar-refractivity contribution in [1.29, 1.82) is 0 Å². The molecule has 0 radical (unpaired) electrons. The van der Waals surface area contributed by atoms with Crippen molar-refractivity contribution in [3.63, 3.8) is 0 Å². The van der Waals surface area contributed by atoms with Gasteiger partial charge in [0, 0.05) is 6.42 Å². The SMILES string of the molecule is CCC(CC(=O)NC(C(=O)O)c1ccc(OC)c(F)c1)c1ccccc1. The lowest BCUT2D eigenvalue weighted by Crippen LogP contribution is -2.34. The molecule has 0 spiro atoms. The number of halogens is 1. The lowest BCUT2D eigenvalue weighted by Gasteiger charge is -2.19. The number of hydrogen-bond donors (Lipinski definition) is 2. The van der Waals surface area contributed by atoms with E-state index in [-0.39, 0.29) is 23.7 Å². The summed E-state index contributed by atoms with van der Waals surface area (Å²) in [7, 11) is 1.32. The third-order valence-corrected chi connectivity index (χ3v) is 4.26. The van der Waals surface area contributed by atoms with Crippen LogP contribution in [0.2, 0.25) is 0 Å². The third-order valence-electron chi connectivity index (χ3n) is 4.26. The highest BCUT2D eigenvalue weighted by atomic mass is 19.1. The molecule has 2 rings (SSSR count). The maximum atomic E-state index is 13.9. The van der Waals surface area contributed by atoms with Crippen molar-refractivity contribution in [2.45, 2.75) is 31.7 Å². The van der Waals surface area contributed by atoms with Gasteiger partial charge in [0.2, 0.25) is 5.91 Å². The molecule has 0 aliphatic carbocycles. The van der Waals surface area contributed by atoms with E-state index in [1.807, 2.05) is 37.3 Å². The third kappa shape index (κ3) is 4.81. The zero-order chi connectivity index (χ0) is 19.1. The molecule has 0 saturated heterocycles. The normalized spacial score (nSPS) is 12.9. The Labute approximate surface area is 151 Å². The van der Waals surface area contributed by atoms with Gasteiger partial charge in [0.1, 0.15) is 0 Å². The molecule has 26 heavy (non-hydrogen) atoms. The van der Waals surface area contributed by atoms with Gasteiger partial charge < -0.3 is 15.2 Å². The van der Waals surface area contributed by atoms with E-state index in [1.54, 1.807) is 0 Å². The summed E-state index contributed by atoms with van der Waals surface area (Å²) in [6.45, 7) is 1.97. The molecule has 2 N–H and O–H groups in total. The van der Waals surface area contributed by atoms with Crippen molar-refractivity contribution in [2.75, 3.05) is 7.11 Å². The minimum absolute atomic E-state index is 0.0133. The van der Waals surface area contributed by atoms with Gasteiger partial charge in [-0.15, -0.1) is 0 Å². The molecule has 0 aliphatic heterocycles. The topological polar surface area (TPSA) is 75.6 Å². The minimum atomic E-state index is -1.32. The summed E-state index contributed by atoms with van der Waals surface area (Å²) in [5, 5.41) is 11.9. The number of rotatable bonds is 8. The highest BCUT2D eigenvalue weighted by Gasteiger charge is 2.24. The number of benzene rings is 2. The molecule has 0 aromatic heterocycles. The van der Waals surface area contributed by atoms with E-state index >= 15 is 0 Å². The molecule has 0 heterocycles. The van der Waals surface area contributed by atoms with Crippen molar-refractivity contribution in [1.82, 2.24) is 5.32 Å². The van der Waals surface area contributed by atoms with Crippen LogP contribution in [0.25, 0.3) is 0 Å². The number of aliphatic carboxylic acids is 1. The number of carboxylic acid groups (broad SMARTS) is 1. The number of amides is 1. The number of nitrogens with one attached hydrogen (secondary N) is 1. The molecule has 2 atom stereocenters. The lowest BCUT2D eigenvalue weighted by atomic mass is 9.92. The number of methoxy groups -OCH3 is 1. The van der Waals surface area contributed by atoms with Crippen LogP contribution in [0.15, 0.2) is 48.5 Å². The first-order valence-electron chi connectivity index (χ1n) is 8.36. The van der Waals surface area contributed by atoms with Gasteiger partial charge in [-0.25, -0.2) is 9.18 Å². The molecule has 6 heteroatoms. The first-order valence-corrected chi connectivity index (χ1v) is 8.36. The second-order valence-electron chi connectivity index (χ2n) is 5.95. The molecule has 0 aliphatic rings. The molecule has 0 saturated carbocycles. The smallest absolute Gasteiger partial charge is 0.330 e. The van der Waals surface area contributed by atoms with E-state index in [0.717, 1.165) is 18.1 Å². The fourth-order valence-corrected chi connectivity index (χ4v) is 2.82. The quantitative estimate of drug-likeness (QED) is 0.754. The van der Waals surface area contributed by atoms with Gasteiger partial charge in [-0.05, 0) is 35.6 Å². The van der Waals surface area contributed by atoms with Crippen LogP contribution in [0, 0.1) is 5.82 Å². The average molecular weight is 359 g/mol.